The summed E-state index contributed by atoms with van der Waals surface area (Å²) in [6, 6.07) is 24.3. The number of benzene rings is 3. The molecule has 0 aliphatic carbocycles. The van der Waals surface area contributed by atoms with Gasteiger partial charge in [0.2, 0.25) is 0 Å². The molecule has 1 aliphatic heterocycles. The smallest absolute Gasteiger partial charge is 0.349 e. The van der Waals surface area contributed by atoms with Gasteiger partial charge in [-0.2, -0.15) is 4.98 Å². The van der Waals surface area contributed by atoms with E-state index >= 15 is 0 Å². The van der Waals surface area contributed by atoms with E-state index in [1.165, 1.54) is 0 Å². The van der Waals surface area contributed by atoms with Crippen molar-refractivity contribution in [3.05, 3.63) is 88.8 Å². The van der Waals surface area contributed by atoms with Crippen LogP contribution in [0.3, 0.4) is 0 Å². The number of fused-ring (bicyclic) bond motifs is 2. The van der Waals surface area contributed by atoms with Gasteiger partial charge in [-0.1, -0.05) is 84.1 Å². The Bertz CT molecular complexity index is 1500. The van der Waals surface area contributed by atoms with Crippen molar-refractivity contribution in [2.75, 3.05) is 31.2 Å². The molecule has 0 N–H and O–H groups in total. The fourth-order valence-corrected chi connectivity index (χ4v) is 5.47. The van der Waals surface area contributed by atoms with Gasteiger partial charge in [-0.25, -0.2) is 9.78 Å². The molecule has 6 rings (SSSR count). The third-order valence-corrected chi connectivity index (χ3v) is 7.18. The lowest BCUT2D eigenvalue weighted by atomic mass is 10.0. The Kier molecular flexibility index (Phi) is 5.13. The molecule has 5 aromatic rings. The minimum atomic E-state index is -0.258. The van der Waals surface area contributed by atoms with Gasteiger partial charge in [0.05, 0.1) is 19.8 Å². The maximum absolute atomic E-state index is 13.4. The first kappa shape index (κ1) is 20.1. The molecular weight excluding hydrogens is 432 g/mol. The van der Waals surface area contributed by atoms with E-state index in [1.807, 2.05) is 48.5 Å². The van der Waals surface area contributed by atoms with Crippen LogP contribution in [0.5, 0.6) is 0 Å². The number of thiazole rings is 1. The average Bonchev–Trinajstić information content (AvgIpc) is 3.32. The van der Waals surface area contributed by atoms with Gasteiger partial charge >= 0.3 is 5.69 Å². The van der Waals surface area contributed by atoms with Gasteiger partial charge in [0.25, 0.3) is 0 Å². The zero-order valence-corrected chi connectivity index (χ0v) is 18.8. The summed E-state index contributed by atoms with van der Waals surface area (Å²) in [5.74, 6) is 0. The Hall–Kier alpha value is -3.55. The highest BCUT2D eigenvalue weighted by Crippen LogP contribution is 2.34. The SMILES string of the molecule is O=c1nc(-c2ccccc2)c2nc(N3CCOCC3)sc2n1Cc1cccc2ccccc12. The minimum absolute atomic E-state index is 0.258. The van der Waals surface area contributed by atoms with Crippen molar-refractivity contribution in [3.63, 3.8) is 0 Å². The van der Waals surface area contributed by atoms with Crippen LogP contribution < -0.4 is 10.6 Å². The van der Waals surface area contributed by atoms with Crippen LogP contribution in [0.2, 0.25) is 0 Å². The molecule has 0 unspecified atom stereocenters. The van der Waals surface area contributed by atoms with E-state index in [9.17, 15) is 4.79 Å². The molecule has 3 aromatic carbocycles. The van der Waals surface area contributed by atoms with Gasteiger partial charge in [0.1, 0.15) is 16.0 Å². The van der Waals surface area contributed by atoms with E-state index in [4.69, 9.17) is 9.72 Å². The number of morpholine rings is 1. The zero-order chi connectivity index (χ0) is 22.2. The maximum atomic E-state index is 13.4. The molecule has 0 atom stereocenters. The van der Waals surface area contributed by atoms with Gasteiger partial charge in [-0.3, -0.25) is 4.57 Å². The first-order chi connectivity index (χ1) is 16.3. The van der Waals surface area contributed by atoms with E-state index in [0.717, 1.165) is 50.5 Å². The summed E-state index contributed by atoms with van der Waals surface area (Å²) in [5, 5.41) is 3.21. The molecule has 0 amide bonds. The molecule has 1 aliphatic rings. The fraction of sp³-hybridized carbons (Fsp3) is 0.192. The van der Waals surface area contributed by atoms with Gasteiger partial charge in [0, 0.05) is 18.7 Å². The van der Waals surface area contributed by atoms with Crippen LogP contribution in [0.4, 0.5) is 5.13 Å². The molecule has 33 heavy (non-hydrogen) atoms. The lowest BCUT2D eigenvalue weighted by molar-refractivity contribution is 0.122. The van der Waals surface area contributed by atoms with E-state index in [2.05, 4.69) is 34.1 Å². The van der Waals surface area contributed by atoms with Crippen molar-refractivity contribution >= 4 is 37.6 Å². The average molecular weight is 455 g/mol. The van der Waals surface area contributed by atoms with Gasteiger partial charge in [0.15, 0.2) is 5.13 Å². The number of ether oxygens (including phenoxy) is 1. The molecule has 2 aromatic heterocycles. The van der Waals surface area contributed by atoms with Gasteiger partial charge in [-0.15, -0.1) is 0 Å². The molecule has 0 saturated carbocycles. The molecule has 3 heterocycles. The molecule has 0 spiro atoms. The summed E-state index contributed by atoms with van der Waals surface area (Å²) >= 11 is 1.56. The normalized spacial score (nSPS) is 14.2. The highest BCUT2D eigenvalue weighted by molar-refractivity contribution is 7.22. The lowest BCUT2D eigenvalue weighted by Gasteiger charge is -2.25. The molecule has 0 radical (unpaired) electrons. The second-order valence-corrected chi connectivity index (χ2v) is 9.04. The second-order valence-electron chi connectivity index (χ2n) is 8.08. The van der Waals surface area contributed by atoms with Crippen LogP contribution in [0.15, 0.2) is 77.6 Å². The summed E-state index contributed by atoms with van der Waals surface area (Å²) in [6.07, 6.45) is 0. The molecule has 164 valence electrons. The van der Waals surface area contributed by atoms with Crippen LogP contribution in [0.1, 0.15) is 5.56 Å². The minimum Gasteiger partial charge on any atom is -0.378 e. The standard InChI is InChI=1S/C26H22N4O2S/c31-25-27-22(19-8-2-1-3-9-19)23-24(33-26(28-23)29-13-15-32-16-14-29)30(25)17-20-11-6-10-18-7-4-5-12-21(18)20/h1-12H,13-17H2. The molecular formula is C26H22N4O2S. The van der Waals surface area contributed by atoms with Crippen LogP contribution in [-0.2, 0) is 11.3 Å². The van der Waals surface area contributed by atoms with Crippen molar-refractivity contribution in [1.29, 1.82) is 0 Å². The zero-order valence-electron chi connectivity index (χ0n) is 18.0. The Balaban J connectivity index is 1.55. The van der Waals surface area contributed by atoms with Gasteiger partial charge < -0.3 is 9.64 Å². The molecule has 7 heteroatoms. The Morgan fingerprint density at radius 2 is 1.64 bits per heavy atom. The van der Waals surface area contributed by atoms with Crippen LogP contribution in [0.25, 0.3) is 32.4 Å². The Morgan fingerprint density at radius 1 is 0.879 bits per heavy atom. The molecule has 0 bridgehead atoms. The van der Waals surface area contributed by atoms with Crippen LogP contribution in [-0.4, -0.2) is 40.8 Å². The summed E-state index contributed by atoms with van der Waals surface area (Å²) in [4.78, 5) is 25.9. The van der Waals surface area contributed by atoms with Crippen LogP contribution >= 0.6 is 11.3 Å². The van der Waals surface area contributed by atoms with Crippen molar-refractivity contribution in [2.45, 2.75) is 6.54 Å². The van der Waals surface area contributed by atoms with E-state index in [-0.39, 0.29) is 5.69 Å². The number of nitrogens with zero attached hydrogens (tertiary/aromatic N) is 4. The number of hydrogen-bond acceptors (Lipinski definition) is 6. The summed E-state index contributed by atoms with van der Waals surface area (Å²) < 4.78 is 7.29. The predicted molar refractivity (Wildman–Crippen MR) is 133 cm³/mol. The number of hydrogen-bond donors (Lipinski definition) is 0. The first-order valence-corrected chi connectivity index (χ1v) is 11.9. The monoisotopic (exact) mass is 454 g/mol. The highest BCUT2D eigenvalue weighted by Gasteiger charge is 2.21. The largest absolute Gasteiger partial charge is 0.378 e. The van der Waals surface area contributed by atoms with E-state index in [0.29, 0.717) is 25.5 Å². The van der Waals surface area contributed by atoms with E-state index in [1.54, 1.807) is 15.9 Å². The maximum Gasteiger partial charge on any atom is 0.349 e. The number of aromatic nitrogens is 3. The van der Waals surface area contributed by atoms with E-state index < -0.39 is 0 Å². The Labute approximate surface area is 194 Å². The van der Waals surface area contributed by atoms with Crippen molar-refractivity contribution in [1.82, 2.24) is 14.5 Å². The summed E-state index contributed by atoms with van der Waals surface area (Å²) in [6.45, 7) is 3.40. The second kappa shape index (κ2) is 8.42. The quantitative estimate of drug-likeness (QED) is 0.399. The predicted octanol–water partition coefficient (Wildman–Crippen LogP) is 4.56. The molecule has 1 fully saturated rings. The number of anilines is 1. The highest BCUT2D eigenvalue weighted by atomic mass is 32.1. The summed E-state index contributed by atoms with van der Waals surface area (Å²) in [7, 11) is 0. The van der Waals surface area contributed by atoms with Crippen molar-refractivity contribution in [2.24, 2.45) is 0 Å². The third kappa shape index (κ3) is 3.69. The molecule has 1 saturated heterocycles. The Morgan fingerprint density at radius 3 is 2.48 bits per heavy atom. The molecule has 6 nitrogen and oxygen atoms in total. The fourth-order valence-electron chi connectivity index (χ4n) is 4.36. The van der Waals surface area contributed by atoms with Gasteiger partial charge in [-0.05, 0) is 16.3 Å². The third-order valence-electron chi connectivity index (χ3n) is 6.04. The lowest BCUT2D eigenvalue weighted by Crippen LogP contribution is -2.36. The van der Waals surface area contributed by atoms with Crippen LogP contribution in [0, 0.1) is 0 Å². The first-order valence-electron chi connectivity index (χ1n) is 11.0. The van der Waals surface area contributed by atoms with Crippen molar-refractivity contribution < 1.29 is 4.74 Å². The topological polar surface area (TPSA) is 60.3 Å². The number of rotatable bonds is 4. The summed E-state index contributed by atoms with van der Waals surface area (Å²) in [5.41, 5.74) is 3.14. The van der Waals surface area contributed by atoms with Crippen molar-refractivity contribution in [3.8, 4) is 11.3 Å².